The zero-order valence-electron chi connectivity index (χ0n) is 9.40. The second kappa shape index (κ2) is 6.59. The average Bonchev–Trinajstić information content (AvgIpc) is 2.38. The summed E-state index contributed by atoms with van der Waals surface area (Å²) in [6, 6.07) is 15.2. The van der Waals surface area contributed by atoms with Gasteiger partial charge in [0.05, 0.1) is 10.8 Å². The van der Waals surface area contributed by atoms with E-state index in [4.69, 9.17) is 11.6 Å². The molecule has 0 heterocycles. The number of halogens is 2. The van der Waals surface area contributed by atoms with E-state index in [0.717, 1.165) is 14.0 Å². The van der Waals surface area contributed by atoms with Crippen LogP contribution in [-0.4, -0.2) is 11.5 Å². The molecule has 18 heavy (non-hydrogen) atoms. The monoisotopic (exact) mass is 388 g/mol. The summed E-state index contributed by atoms with van der Waals surface area (Å²) in [6.45, 7) is 0. The minimum atomic E-state index is 0.122. The van der Waals surface area contributed by atoms with Gasteiger partial charge in [-0.15, -0.1) is 11.8 Å². The van der Waals surface area contributed by atoms with E-state index in [1.54, 1.807) is 0 Å². The van der Waals surface area contributed by atoms with Crippen molar-refractivity contribution >= 4 is 51.7 Å². The number of hydrogen-bond acceptors (Lipinski definition) is 2. The van der Waals surface area contributed by atoms with Gasteiger partial charge in [0.2, 0.25) is 0 Å². The van der Waals surface area contributed by atoms with Crippen molar-refractivity contribution in [3.63, 3.8) is 0 Å². The van der Waals surface area contributed by atoms with Crippen molar-refractivity contribution in [2.45, 2.75) is 4.90 Å². The molecule has 0 saturated carbocycles. The molecule has 0 atom stereocenters. The minimum absolute atomic E-state index is 0.122. The molecule has 2 aromatic carbocycles. The first-order chi connectivity index (χ1) is 8.66. The lowest BCUT2D eigenvalue weighted by atomic mass is 10.2. The van der Waals surface area contributed by atoms with Crippen LogP contribution in [0.2, 0.25) is 5.02 Å². The molecule has 2 rings (SSSR count). The molecule has 0 N–H and O–H groups in total. The zero-order chi connectivity index (χ0) is 13.0. The van der Waals surface area contributed by atoms with E-state index < -0.39 is 0 Å². The van der Waals surface area contributed by atoms with Gasteiger partial charge in [0.15, 0.2) is 5.78 Å². The predicted molar refractivity (Wildman–Crippen MR) is 85.7 cm³/mol. The Balaban J connectivity index is 2.01. The van der Waals surface area contributed by atoms with E-state index in [0.29, 0.717) is 10.8 Å². The summed E-state index contributed by atoms with van der Waals surface area (Å²) in [6.07, 6.45) is 0. The summed E-state index contributed by atoms with van der Waals surface area (Å²) in [7, 11) is 0. The number of carbonyl (C=O) groups is 1. The molecule has 0 spiro atoms. The first-order valence-corrected chi connectivity index (χ1v) is 7.77. The Hall–Kier alpha value is -0.520. The maximum atomic E-state index is 12.0. The molecule has 0 fully saturated rings. The molecule has 0 aliphatic heterocycles. The lowest BCUT2D eigenvalue weighted by molar-refractivity contribution is 0.102. The molecule has 0 saturated heterocycles. The van der Waals surface area contributed by atoms with E-state index in [-0.39, 0.29) is 5.78 Å². The van der Waals surface area contributed by atoms with Gasteiger partial charge in [-0.3, -0.25) is 4.79 Å². The van der Waals surface area contributed by atoms with Crippen molar-refractivity contribution in [3.05, 3.63) is 62.7 Å². The van der Waals surface area contributed by atoms with Gasteiger partial charge >= 0.3 is 0 Å². The second-order valence-corrected chi connectivity index (χ2v) is 6.32. The predicted octanol–water partition coefficient (Wildman–Crippen LogP) is 4.92. The Bertz CT molecular complexity index is 554. The quantitative estimate of drug-likeness (QED) is 0.420. The van der Waals surface area contributed by atoms with Crippen LogP contribution in [0.5, 0.6) is 0 Å². The molecule has 92 valence electrons. The highest BCUT2D eigenvalue weighted by Gasteiger charge is 2.07. The minimum Gasteiger partial charge on any atom is -0.293 e. The Morgan fingerprint density at radius 3 is 2.44 bits per heavy atom. The molecule has 1 nitrogen and oxygen atoms in total. The van der Waals surface area contributed by atoms with Gasteiger partial charge < -0.3 is 0 Å². The molecule has 2 aromatic rings. The lowest BCUT2D eigenvalue weighted by Crippen LogP contribution is -2.02. The molecule has 0 radical (unpaired) electrons. The number of thioether (sulfide) groups is 1. The van der Waals surface area contributed by atoms with Crippen molar-refractivity contribution in [3.8, 4) is 0 Å². The maximum Gasteiger partial charge on any atom is 0.173 e. The number of benzene rings is 2. The molecule has 0 aromatic heterocycles. The highest BCUT2D eigenvalue weighted by atomic mass is 127. The van der Waals surface area contributed by atoms with Gasteiger partial charge in [-0.2, -0.15) is 0 Å². The van der Waals surface area contributed by atoms with E-state index in [9.17, 15) is 4.79 Å². The molecule has 4 heteroatoms. The van der Waals surface area contributed by atoms with Crippen molar-refractivity contribution < 1.29 is 4.79 Å². The lowest BCUT2D eigenvalue weighted by Gasteiger charge is -2.03. The van der Waals surface area contributed by atoms with Crippen LogP contribution in [0.4, 0.5) is 0 Å². The van der Waals surface area contributed by atoms with Crippen LogP contribution in [0.1, 0.15) is 10.4 Å². The van der Waals surface area contributed by atoms with Gasteiger partial charge in [0, 0.05) is 14.0 Å². The van der Waals surface area contributed by atoms with Crippen molar-refractivity contribution in [1.29, 1.82) is 0 Å². The summed E-state index contributed by atoms with van der Waals surface area (Å²) in [5.41, 5.74) is 0.745. The highest BCUT2D eigenvalue weighted by Crippen LogP contribution is 2.27. The van der Waals surface area contributed by atoms with Crippen LogP contribution < -0.4 is 0 Å². The third-order valence-electron chi connectivity index (χ3n) is 2.36. The Labute approximate surface area is 129 Å². The van der Waals surface area contributed by atoms with Gasteiger partial charge in [-0.25, -0.2) is 0 Å². The van der Waals surface area contributed by atoms with Gasteiger partial charge in [0.1, 0.15) is 0 Å². The average molecular weight is 389 g/mol. The van der Waals surface area contributed by atoms with Crippen LogP contribution in [0.25, 0.3) is 0 Å². The summed E-state index contributed by atoms with van der Waals surface area (Å²) in [5, 5.41) is 0.693. The Morgan fingerprint density at radius 2 is 1.78 bits per heavy atom. The third kappa shape index (κ3) is 3.73. The largest absolute Gasteiger partial charge is 0.293 e. The maximum absolute atomic E-state index is 12.0. The fourth-order valence-electron chi connectivity index (χ4n) is 1.42. The topological polar surface area (TPSA) is 17.1 Å². The molecular formula is C14H10ClIOS. The summed E-state index contributed by atoms with van der Waals surface area (Å²) in [5.74, 6) is 0.529. The second-order valence-electron chi connectivity index (χ2n) is 3.65. The van der Waals surface area contributed by atoms with E-state index in [2.05, 4.69) is 22.6 Å². The summed E-state index contributed by atoms with van der Waals surface area (Å²) in [4.78, 5) is 12.9. The highest BCUT2D eigenvalue weighted by molar-refractivity contribution is 14.1. The Morgan fingerprint density at radius 1 is 1.11 bits per heavy atom. The van der Waals surface area contributed by atoms with Crippen LogP contribution in [0.3, 0.4) is 0 Å². The Kier molecular flexibility index (Phi) is 5.09. The third-order valence-corrected chi connectivity index (χ3v) is 4.60. The first kappa shape index (κ1) is 13.9. The molecule has 0 aliphatic rings. The number of rotatable bonds is 4. The van der Waals surface area contributed by atoms with E-state index >= 15 is 0 Å². The normalized spacial score (nSPS) is 10.3. The number of ketones is 1. The molecule has 0 amide bonds. The van der Waals surface area contributed by atoms with Gasteiger partial charge in [-0.1, -0.05) is 35.9 Å². The van der Waals surface area contributed by atoms with Crippen LogP contribution in [0, 0.1) is 3.57 Å². The van der Waals surface area contributed by atoms with Crippen molar-refractivity contribution in [2.75, 3.05) is 5.75 Å². The number of Topliss-reactive ketones (excluding diaryl/α,β-unsaturated/α-hetero) is 1. The molecular weight excluding hydrogens is 379 g/mol. The summed E-state index contributed by atoms with van der Waals surface area (Å²) >= 11 is 9.73. The summed E-state index contributed by atoms with van der Waals surface area (Å²) < 4.78 is 1.13. The van der Waals surface area contributed by atoms with E-state index in [1.807, 2.05) is 48.5 Å². The SMILES string of the molecule is O=C(CSc1ccccc1Cl)c1ccc(I)cc1. The molecule has 0 unspecified atom stereocenters. The van der Waals surface area contributed by atoms with Crippen LogP contribution >= 0.6 is 46.0 Å². The van der Waals surface area contributed by atoms with Crippen molar-refractivity contribution in [1.82, 2.24) is 0 Å². The van der Waals surface area contributed by atoms with Crippen LogP contribution in [0.15, 0.2) is 53.4 Å². The number of carbonyl (C=O) groups excluding carboxylic acids is 1. The zero-order valence-corrected chi connectivity index (χ0v) is 13.1. The number of hydrogen-bond donors (Lipinski definition) is 0. The first-order valence-electron chi connectivity index (χ1n) is 5.33. The molecule has 0 bridgehead atoms. The fourth-order valence-corrected chi connectivity index (χ4v) is 2.92. The van der Waals surface area contributed by atoms with Crippen molar-refractivity contribution in [2.24, 2.45) is 0 Å². The van der Waals surface area contributed by atoms with Gasteiger partial charge in [0.25, 0.3) is 0 Å². The standard InChI is InChI=1S/C14H10ClIOS/c15-12-3-1-2-4-14(12)18-9-13(17)10-5-7-11(16)8-6-10/h1-8H,9H2. The fraction of sp³-hybridized carbons (Fsp3) is 0.0714. The van der Waals surface area contributed by atoms with Crippen LogP contribution in [-0.2, 0) is 0 Å². The smallest absolute Gasteiger partial charge is 0.173 e. The molecule has 0 aliphatic carbocycles. The van der Waals surface area contributed by atoms with E-state index in [1.165, 1.54) is 11.8 Å². The van der Waals surface area contributed by atoms with Gasteiger partial charge in [-0.05, 0) is 46.9 Å².